The third kappa shape index (κ3) is 7.34. The highest BCUT2D eigenvalue weighted by molar-refractivity contribution is 7.22. The molecule has 10 nitrogen and oxygen atoms in total. The van der Waals surface area contributed by atoms with Crippen molar-refractivity contribution < 1.29 is 28.2 Å². The van der Waals surface area contributed by atoms with Gasteiger partial charge in [-0.3, -0.25) is 19.4 Å². The standard InChI is InChI=1S/C31H28FN5O5S2/c1-2-41-30(40)13-20-12-29(43-17-20)34-28(39)16-37-15-24(35-36-37)27-14-23-31(44-27)26(7-8-33-23)42-25-6-5-19(11-22(25)32)10-21(38)9-18-3-4-18/h5-8,11-12,14-15,17-18H,2-4,9-10,13,16H2,1H3,(H,34,39). The molecule has 0 bridgehead atoms. The molecule has 4 heterocycles. The van der Waals surface area contributed by atoms with E-state index < -0.39 is 5.82 Å². The molecule has 0 aliphatic heterocycles. The average molecular weight is 634 g/mol. The number of amides is 1. The molecular weight excluding hydrogens is 606 g/mol. The van der Waals surface area contributed by atoms with Gasteiger partial charge in [-0.1, -0.05) is 11.3 Å². The second kappa shape index (κ2) is 13.0. The third-order valence-electron chi connectivity index (χ3n) is 6.87. The summed E-state index contributed by atoms with van der Waals surface area (Å²) in [4.78, 5) is 41.6. The van der Waals surface area contributed by atoms with E-state index in [2.05, 4.69) is 20.6 Å². The Morgan fingerprint density at radius 1 is 1.09 bits per heavy atom. The van der Waals surface area contributed by atoms with Gasteiger partial charge in [-0.05, 0) is 66.5 Å². The maximum atomic E-state index is 14.9. The van der Waals surface area contributed by atoms with Crippen molar-refractivity contribution in [3.05, 3.63) is 71.1 Å². The normalized spacial score (nSPS) is 12.8. The number of thiophene rings is 2. The Balaban J connectivity index is 1.10. The van der Waals surface area contributed by atoms with E-state index in [1.807, 2.05) is 6.07 Å². The number of nitrogens with one attached hydrogen (secondary N) is 1. The lowest BCUT2D eigenvalue weighted by atomic mass is 10.0. The van der Waals surface area contributed by atoms with Gasteiger partial charge in [0.15, 0.2) is 11.6 Å². The van der Waals surface area contributed by atoms with E-state index in [9.17, 15) is 18.8 Å². The lowest BCUT2D eigenvalue weighted by Crippen LogP contribution is -2.18. The van der Waals surface area contributed by atoms with Crippen molar-refractivity contribution in [1.82, 2.24) is 20.0 Å². The van der Waals surface area contributed by atoms with E-state index in [0.717, 1.165) is 23.3 Å². The fraction of sp³-hybridized carbons (Fsp3) is 0.290. The monoisotopic (exact) mass is 633 g/mol. The van der Waals surface area contributed by atoms with Crippen LogP contribution in [0, 0.1) is 11.7 Å². The minimum atomic E-state index is -0.539. The molecule has 6 rings (SSSR count). The highest BCUT2D eigenvalue weighted by Crippen LogP contribution is 2.39. The summed E-state index contributed by atoms with van der Waals surface area (Å²) in [6.07, 6.45) is 6.38. The molecule has 1 N–H and O–H groups in total. The van der Waals surface area contributed by atoms with Crippen molar-refractivity contribution in [2.75, 3.05) is 11.9 Å². The molecule has 1 aromatic carbocycles. The summed E-state index contributed by atoms with van der Waals surface area (Å²) in [5.74, 6) is -0.0245. The Morgan fingerprint density at radius 3 is 2.75 bits per heavy atom. The Labute approximate surface area is 259 Å². The van der Waals surface area contributed by atoms with Crippen LogP contribution < -0.4 is 10.1 Å². The minimum Gasteiger partial charge on any atom is -0.466 e. The Morgan fingerprint density at radius 2 is 1.95 bits per heavy atom. The molecule has 0 unspecified atom stereocenters. The first-order valence-electron chi connectivity index (χ1n) is 14.1. The summed E-state index contributed by atoms with van der Waals surface area (Å²) in [5.41, 5.74) is 2.59. The van der Waals surface area contributed by atoms with E-state index >= 15 is 0 Å². The number of esters is 1. The number of carbonyl (C=O) groups is 3. The maximum Gasteiger partial charge on any atom is 0.310 e. The molecule has 1 aliphatic carbocycles. The van der Waals surface area contributed by atoms with Crippen LogP contribution in [0.1, 0.15) is 37.3 Å². The Bertz CT molecular complexity index is 1840. The van der Waals surface area contributed by atoms with Crippen LogP contribution in [0.15, 0.2) is 54.2 Å². The van der Waals surface area contributed by atoms with Crippen LogP contribution in [-0.4, -0.2) is 44.2 Å². The van der Waals surface area contributed by atoms with Crippen LogP contribution in [-0.2, 0) is 38.5 Å². The first-order chi connectivity index (χ1) is 21.3. The molecule has 226 valence electrons. The number of benzene rings is 1. The zero-order valence-corrected chi connectivity index (χ0v) is 25.4. The molecular formula is C31H28FN5O5S2. The lowest BCUT2D eigenvalue weighted by molar-refractivity contribution is -0.142. The van der Waals surface area contributed by atoms with E-state index in [-0.39, 0.29) is 42.8 Å². The van der Waals surface area contributed by atoms with Crippen molar-refractivity contribution in [3.63, 3.8) is 0 Å². The van der Waals surface area contributed by atoms with E-state index in [0.29, 0.717) is 51.2 Å². The molecule has 13 heteroatoms. The molecule has 0 spiro atoms. The number of nitrogens with zero attached hydrogens (tertiary/aromatic N) is 4. The van der Waals surface area contributed by atoms with E-state index in [1.165, 1.54) is 33.4 Å². The topological polar surface area (TPSA) is 125 Å². The third-order valence-corrected chi connectivity index (χ3v) is 8.93. The lowest BCUT2D eigenvalue weighted by Gasteiger charge is -2.09. The molecule has 1 fully saturated rings. The predicted molar refractivity (Wildman–Crippen MR) is 164 cm³/mol. The molecule has 0 saturated heterocycles. The predicted octanol–water partition coefficient (Wildman–Crippen LogP) is 6.20. The van der Waals surface area contributed by atoms with Crippen LogP contribution in [0.5, 0.6) is 11.5 Å². The molecule has 1 amide bonds. The van der Waals surface area contributed by atoms with Crippen LogP contribution >= 0.6 is 22.7 Å². The number of halogens is 1. The number of pyridine rings is 1. The van der Waals surface area contributed by atoms with Gasteiger partial charge >= 0.3 is 5.97 Å². The number of ketones is 1. The molecule has 0 atom stereocenters. The summed E-state index contributed by atoms with van der Waals surface area (Å²) in [7, 11) is 0. The smallest absolute Gasteiger partial charge is 0.310 e. The average Bonchev–Trinajstić information content (AvgIpc) is 3.32. The molecule has 1 saturated carbocycles. The van der Waals surface area contributed by atoms with Crippen molar-refractivity contribution in [1.29, 1.82) is 0 Å². The van der Waals surface area contributed by atoms with Crippen LogP contribution in [0.3, 0.4) is 0 Å². The number of ether oxygens (including phenoxy) is 2. The number of anilines is 1. The number of Topliss-reactive ketones (excluding diaryl/α,β-unsaturated/α-hetero) is 1. The van der Waals surface area contributed by atoms with E-state index in [4.69, 9.17) is 9.47 Å². The van der Waals surface area contributed by atoms with Gasteiger partial charge in [0, 0.05) is 25.1 Å². The number of fused-ring (bicyclic) bond motifs is 1. The number of hydrogen-bond acceptors (Lipinski definition) is 10. The molecule has 0 radical (unpaired) electrons. The number of hydrogen-bond donors (Lipinski definition) is 1. The van der Waals surface area contributed by atoms with Crippen molar-refractivity contribution in [3.8, 4) is 22.1 Å². The number of carbonyl (C=O) groups excluding carboxylic acids is 3. The maximum absolute atomic E-state index is 14.9. The van der Waals surface area contributed by atoms with Gasteiger partial charge in [-0.2, -0.15) is 0 Å². The summed E-state index contributed by atoms with van der Waals surface area (Å²) >= 11 is 2.69. The molecule has 4 aromatic heterocycles. The highest BCUT2D eigenvalue weighted by atomic mass is 32.1. The van der Waals surface area contributed by atoms with Gasteiger partial charge in [0.2, 0.25) is 5.91 Å². The first kappa shape index (κ1) is 29.6. The molecule has 5 aromatic rings. The van der Waals surface area contributed by atoms with Gasteiger partial charge in [0.1, 0.15) is 23.8 Å². The van der Waals surface area contributed by atoms with Crippen LogP contribution in [0.25, 0.3) is 20.8 Å². The number of rotatable bonds is 13. The summed E-state index contributed by atoms with van der Waals surface area (Å²) in [5, 5.41) is 13.5. The summed E-state index contributed by atoms with van der Waals surface area (Å²) in [6.45, 7) is 2.01. The van der Waals surface area contributed by atoms with Crippen LogP contribution in [0.2, 0.25) is 0 Å². The SMILES string of the molecule is CCOC(=O)Cc1csc(NC(=O)Cn2cc(-c3cc4nccc(Oc5ccc(CC(=O)CC6CC6)cc5F)c4s3)nn2)c1. The first-order valence-corrected chi connectivity index (χ1v) is 15.8. The van der Waals surface area contributed by atoms with Crippen molar-refractivity contribution in [2.45, 2.75) is 45.6 Å². The Kier molecular flexibility index (Phi) is 8.75. The summed E-state index contributed by atoms with van der Waals surface area (Å²) < 4.78 is 28.0. The number of aromatic nitrogens is 4. The zero-order valence-electron chi connectivity index (χ0n) is 23.7. The second-order valence-electron chi connectivity index (χ2n) is 10.5. The van der Waals surface area contributed by atoms with Gasteiger partial charge in [0.25, 0.3) is 0 Å². The molecule has 1 aliphatic rings. The molecule has 44 heavy (non-hydrogen) atoms. The fourth-order valence-electron chi connectivity index (χ4n) is 4.65. The quantitative estimate of drug-likeness (QED) is 0.152. The van der Waals surface area contributed by atoms with E-state index in [1.54, 1.807) is 49.0 Å². The van der Waals surface area contributed by atoms with Gasteiger partial charge in [-0.15, -0.1) is 27.8 Å². The Hall–Kier alpha value is -4.49. The zero-order chi connectivity index (χ0) is 30.6. The fourth-order valence-corrected chi connectivity index (χ4v) is 6.48. The summed E-state index contributed by atoms with van der Waals surface area (Å²) in [6, 6.07) is 9.86. The minimum absolute atomic E-state index is 0.0570. The van der Waals surface area contributed by atoms with Gasteiger partial charge in [-0.25, -0.2) is 9.07 Å². The largest absolute Gasteiger partial charge is 0.466 e. The second-order valence-corrected chi connectivity index (χ2v) is 12.5. The van der Waals surface area contributed by atoms with Crippen LogP contribution in [0.4, 0.5) is 9.39 Å². The van der Waals surface area contributed by atoms with Crippen molar-refractivity contribution in [2.24, 2.45) is 5.92 Å². The van der Waals surface area contributed by atoms with Gasteiger partial charge < -0.3 is 14.8 Å². The van der Waals surface area contributed by atoms with Crippen molar-refractivity contribution >= 4 is 55.6 Å². The highest BCUT2D eigenvalue weighted by Gasteiger charge is 2.24. The van der Waals surface area contributed by atoms with Gasteiger partial charge in [0.05, 0.1) is 39.3 Å².